The van der Waals surface area contributed by atoms with Gasteiger partial charge >= 0.3 is 0 Å². The van der Waals surface area contributed by atoms with Crippen molar-refractivity contribution < 1.29 is 9.53 Å². The van der Waals surface area contributed by atoms with Gasteiger partial charge in [-0.3, -0.25) is 4.79 Å². The molecule has 2 fully saturated rings. The lowest BCUT2D eigenvalue weighted by molar-refractivity contribution is -0.122. The van der Waals surface area contributed by atoms with Crippen LogP contribution in [0.3, 0.4) is 0 Å². The van der Waals surface area contributed by atoms with Gasteiger partial charge in [-0.25, -0.2) is 0 Å². The number of rotatable bonds is 4. The van der Waals surface area contributed by atoms with E-state index < -0.39 is 4.33 Å². The Kier molecular flexibility index (Phi) is 3.93. The molecular weight excluding hydrogens is 311 g/mol. The highest BCUT2D eigenvalue weighted by molar-refractivity contribution is 6.52. The first-order valence-electron chi connectivity index (χ1n) is 7.07. The van der Waals surface area contributed by atoms with E-state index in [0.29, 0.717) is 6.42 Å². The minimum atomic E-state index is -0.856. The number of ether oxygens (including phenoxy) is 1. The van der Waals surface area contributed by atoms with Crippen molar-refractivity contribution in [3.63, 3.8) is 0 Å². The summed E-state index contributed by atoms with van der Waals surface area (Å²) in [6.07, 6.45) is 1.46. The molecule has 3 rings (SSSR count). The van der Waals surface area contributed by atoms with Crippen molar-refractivity contribution >= 4 is 34.8 Å². The van der Waals surface area contributed by atoms with Crippen LogP contribution >= 0.6 is 23.2 Å². The molecular formula is C15H18Cl2N2O2. The number of benzene rings is 1. The molecule has 6 heteroatoms. The molecule has 1 saturated heterocycles. The number of carbonyl (C=O) groups excluding carboxylic acids is 1. The molecule has 1 aliphatic heterocycles. The number of hydrogen-bond acceptors (Lipinski definition) is 3. The summed E-state index contributed by atoms with van der Waals surface area (Å²) in [5.41, 5.74) is 1.06. The number of halogens is 2. The number of nitrogens with one attached hydrogen (secondary N) is 1. The zero-order chi connectivity index (χ0) is 15.0. The van der Waals surface area contributed by atoms with Crippen LogP contribution in [0.2, 0.25) is 0 Å². The van der Waals surface area contributed by atoms with Gasteiger partial charge in [0.1, 0.15) is 10.1 Å². The fourth-order valence-corrected chi connectivity index (χ4v) is 3.29. The number of carbonyl (C=O) groups is 1. The average Bonchev–Trinajstić information content (AvgIpc) is 2.90. The standard InChI is InChI=1S/C15H18Cl2N2O2/c1-21-13-5-3-2-4-12(13)19-7-6-10(9-19)18-14(20)11-8-15(11,16)17/h2-5,10-11H,6-9H2,1H3,(H,18,20). The average molecular weight is 329 g/mol. The summed E-state index contributed by atoms with van der Waals surface area (Å²) in [4.78, 5) is 14.2. The minimum absolute atomic E-state index is 0.0353. The molecule has 1 saturated carbocycles. The second kappa shape index (κ2) is 5.58. The van der Waals surface area contributed by atoms with Crippen molar-refractivity contribution in [3.8, 4) is 5.75 Å². The van der Waals surface area contributed by atoms with Gasteiger partial charge in [0.2, 0.25) is 5.91 Å². The van der Waals surface area contributed by atoms with Crippen molar-refractivity contribution in [1.82, 2.24) is 5.32 Å². The lowest BCUT2D eigenvalue weighted by Gasteiger charge is -2.21. The normalized spacial score (nSPS) is 26.5. The van der Waals surface area contributed by atoms with Crippen LogP contribution in [0.5, 0.6) is 5.75 Å². The predicted molar refractivity (Wildman–Crippen MR) is 84.3 cm³/mol. The summed E-state index contributed by atoms with van der Waals surface area (Å²) in [5.74, 6) is 0.556. The van der Waals surface area contributed by atoms with E-state index in [1.165, 1.54) is 0 Å². The van der Waals surface area contributed by atoms with E-state index in [1.807, 2.05) is 24.3 Å². The van der Waals surface area contributed by atoms with E-state index in [1.54, 1.807) is 7.11 Å². The minimum Gasteiger partial charge on any atom is -0.495 e. The van der Waals surface area contributed by atoms with Gasteiger partial charge in [-0.1, -0.05) is 12.1 Å². The Morgan fingerprint density at radius 1 is 1.43 bits per heavy atom. The second-order valence-electron chi connectivity index (χ2n) is 5.63. The highest BCUT2D eigenvalue weighted by Gasteiger charge is 2.56. The largest absolute Gasteiger partial charge is 0.495 e. The smallest absolute Gasteiger partial charge is 0.226 e. The number of para-hydroxylation sites is 2. The van der Waals surface area contributed by atoms with Gasteiger partial charge in [0.25, 0.3) is 0 Å². The van der Waals surface area contributed by atoms with Crippen molar-refractivity contribution in [1.29, 1.82) is 0 Å². The molecule has 0 bridgehead atoms. The molecule has 1 aromatic rings. The zero-order valence-corrected chi connectivity index (χ0v) is 13.3. The molecule has 2 aliphatic rings. The Morgan fingerprint density at radius 3 is 2.81 bits per heavy atom. The van der Waals surface area contributed by atoms with Crippen LogP contribution in [-0.2, 0) is 4.79 Å². The fraction of sp³-hybridized carbons (Fsp3) is 0.533. The van der Waals surface area contributed by atoms with Crippen LogP contribution in [0.15, 0.2) is 24.3 Å². The van der Waals surface area contributed by atoms with Crippen LogP contribution in [-0.4, -0.2) is 36.5 Å². The summed E-state index contributed by atoms with van der Waals surface area (Å²) < 4.78 is 4.53. The van der Waals surface area contributed by atoms with Gasteiger partial charge in [0.05, 0.1) is 18.7 Å². The molecule has 0 radical (unpaired) electrons. The molecule has 2 unspecified atom stereocenters. The van der Waals surface area contributed by atoms with E-state index in [-0.39, 0.29) is 17.9 Å². The predicted octanol–water partition coefficient (Wildman–Crippen LogP) is 2.58. The van der Waals surface area contributed by atoms with E-state index in [4.69, 9.17) is 27.9 Å². The van der Waals surface area contributed by atoms with Crippen LogP contribution < -0.4 is 15.0 Å². The maximum atomic E-state index is 12.0. The van der Waals surface area contributed by atoms with Crippen molar-refractivity contribution in [2.24, 2.45) is 5.92 Å². The van der Waals surface area contributed by atoms with E-state index in [9.17, 15) is 4.79 Å². The van der Waals surface area contributed by atoms with Gasteiger partial charge in [0.15, 0.2) is 0 Å². The lowest BCUT2D eigenvalue weighted by atomic mass is 10.2. The summed E-state index contributed by atoms with van der Waals surface area (Å²) >= 11 is 11.9. The monoisotopic (exact) mass is 328 g/mol. The van der Waals surface area contributed by atoms with Crippen LogP contribution in [0.4, 0.5) is 5.69 Å². The third-order valence-corrected chi connectivity index (χ3v) is 4.94. The molecule has 2 atom stereocenters. The van der Waals surface area contributed by atoms with Gasteiger partial charge in [-0.05, 0) is 25.0 Å². The summed E-state index contributed by atoms with van der Waals surface area (Å²) in [5, 5.41) is 3.04. The summed E-state index contributed by atoms with van der Waals surface area (Å²) in [6.45, 7) is 1.67. The Morgan fingerprint density at radius 2 is 2.14 bits per heavy atom. The summed E-state index contributed by atoms with van der Waals surface area (Å²) in [6, 6.07) is 8.05. The highest BCUT2D eigenvalue weighted by Crippen LogP contribution is 2.53. The lowest BCUT2D eigenvalue weighted by Crippen LogP contribution is -2.38. The van der Waals surface area contributed by atoms with Crippen molar-refractivity contribution in [3.05, 3.63) is 24.3 Å². The van der Waals surface area contributed by atoms with E-state index in [2.05, 4.69) is 10.2 Å². The maximum Gasteiger partial charge on any atom is 0.226 e. The Hall–Kier alpha value is -1.13. The van der Waals surface area contributed by atoms with Gasteiger partial charge in [-0.2, -0.15) is 0 Å². The fourth-order valence-electron chi connectivity index (χ4n) is 2.79. The SMILES string of the molecule is COc1ccccc1N1CCC(NC(=O)C2CC2(Cl)Cl)C1. The first-order valence-corrected chi connectivity index (χ1v) is 7.83. The molecule has 1 heterocycles. The number of alkyl halides is 2. The molecule has 1 amide bonds. The van der Waals surface area contributed by atoms with Gasteiger partial charge in [0, 0.05) is 19.1 Å². The number of anilines is 1. The van der Waals surface area contributed by atoms with E-state index in [0.717, 1.165) is 30.9 Å². The third kappa shape index (κ3) is 3.06. The first-order chi connectivity index (χ1) is 10.0. The third-order valence-electron chi connectivity index (χ3n) is 4.10. The molecule has 21 heavy (non-hydrogen) atoms. The zero-order valence-electron chi connectivity index (χ0n) is 11.8. The van der Waals surface area contributed by atoms with Crippen molar-refractivity contribution in [2.45, 2.75) is 23.2 Å². The quantitative estimate of drug-likeness (QED) is 0.864. The first kappa shape index (κ1) is 14.8. The molecule has 0 spiro atoms. The molecule has 4 nitrogen and oxygen atoms in total. The van der Waals surface area contributed by atoms with Crippen LogP contribution in [0.25, 0.3) is 0 Å². The van der Waals surface area contributed by atoms with Crippen LogP contribution in [0, 0.1) is 5.92 Å². The topological polar surface area (TPSA) is 41.6 Å². The van der Waals surface area contributed by atoms with Gasteiger partial charge < -0.3 is 15.0 Å². The molecule has 1 N–H and O–H groups in total. The van der Waals surface area contributed by atoms with Gasteiger partial charge in [-0.15, -0.1) is 23.2 Å². The van der Waals surface area contributed by atoms with Crippen molar-refractivity contribution in [2.75, 3.05) is 25.1 Å². The molecule has 1 aliphatic carbocycles. The maximum absolute atomic E-state index is 12.0. The molecule has 114 valence electrons. The highest BCUT2D eigenvalue weighted by atomic mass is 35.5. The molecule has 1 aromatic carbocycles. The Balaban J connectivity index is 1.59. The Bertz CT molecular complexity index is 550. The summed E-state index contributed by atoms with van der Waals surface area (Å²) in [7, 11) is 1.67. The Labute approximate surface area is 134 Å². The number of hydrogen-bond donors (Lipinski definition) is 1. The molecule has 0 aromatic heterocycles. The second-order valence-corrected chi connectivity index (χ2v) is 7.17. The number of nitrogens with zero attached hydrogens (tertiary/aromatic N) is 1. The number of methoxy groups -OCH3 is 1. The number of amides is 1. The van der Waals surface area contributed by atoms with Crippen LogP contribution in [0.1, 0.15) is 12.8 Å². The van der Waals surface area contributed by atoms with E-state index >= 15 is 0 Å².